The number of nitrogens with zero attached hydrogens (tertiary/aromatic N) is 2. The van der Waals surface area contributed by atoms with Gasteiger partial charge in [0.2, 0.25) is 12.3 Å². The Hall–Kier alpha value is -1.30. The molecule has 2 rings (SSSR count). The number of carbonyl (C=O) groups is 2. The summed E-state index contributed by atoms with van der Waals surface area (Å²) in [7, 11) is 0. The molecule has 1 N–H and O–H groups in total. The lowest BCUT2D eigenvalue weighted by atomic mass is 10.2. The third kappa shape index (κ3) is 4.59. The summed E-state index contributed by atoms with van der Waals surface area (Å²) in [4.78, 5) is 26.5. The van der Waals surface area contributed by atoms with Gasteiger partial charge in [0.25, 0.3) is 0 Å². The van der Waals surface area contributed by atoms with Gasteiger partial charge < -0.3 is 10.2 Å². The van der Waals surface area contributed by atoms with Gasteiger partial charge in [0.05, 0.1) is 15.7 Å². The van der Waals surface area contributed by atoms with E-state index in [0.29, 0.717) is 41.8 Å². The highest BCUT2D eigenvalue weighted by molar-refractivity contribution is 6.39. The van der Waals surface area contributed by atoms with E-state index in [1.165, 1.54) is 0 Å². The minimum Gasteiger partial charge on any atom is -0.343 e. The van der Waals surface area contributed by atoms with E-state index in [2.05, 4.69) is 10.2 Å². The molecule has 1 aliphatic heterocycles. The molecule has 1 aromatic rings. The predicted octanol–water partition coefficient (Wildman–Crippen LogP) is 2.10. The van der Waals surface area contributed by atoms with Crippen molar-refractivity contribution in [3.63, 3.8) is 0 Å². The van der Waals surface area contributed by atoms with Gasteiger partial charge in [-0.1, -0.05) is 29.3 Å². The Kier molecular flexibility index (Phi) is 5.85. The van der Waals surface area contributed by atoms with Gasteiger partial charge in [0.1, 0.15) is 0 Å². The normalized spacial score (nSPS) is 15.8. The second-order valence-corrected chi connectivity index (χ2v) is 5.69. The predicted molar refractivity (Wildman–Crippen MR) is 83.8 cm³/mol. The van der Waals surface area contributed by atoms with E-state index in [4.69, 9.17) is 23.2 Å². The number of amides is 2. The molecule has 0 unspecified atom stereocenters. The molecule has 21 heavy (non-hydrogen) atoms. The first-order valence-electron chi connectivity index (χ1n) is 6.75. The van der Waals surface area contributed by atoms with E-state index >= 15 is 0 Å². The zero-order valence-corrected chi connectivity index (χ0v) is 13.0. The second kappa shape index (κ2) is 7.64. The van der Waals surface area contributed by atoms with Gasteiger partial charge in [-0.05, 0) is 12.1 Å². The highest BCUT2D eigenvalue weighted by atomic mass is 35.5. The number of nitrogens with one attached hydrogen (secondary N) is 1. The van der Waals surface area contributed by atoms with Crippen molar-refractivity contribution in [1.82, 2.24) is 9.80 Å². The molecule has 0 bridgehead atoms. The second-order valence-electron chi connectivity index (χ2n) is 4.88. The van der Waals surface area contributed by atoms with Crippen molar-refractivity contribution in [2.45, 2.75) is 6.42 Å². The average Bonchev–Trinajstić information content (AvgIpc) is 2.49. The average molecular weight is 330 g/mol. The van der Waals surface area contributed by atoms with Crippen LogP contribution in [-0.4, -0.2) is 54.8 Å². The quantitative estimate of drug-likeness (QED) is 0.841. The first-order valence-corrected chi connectivity index (χ1v) is 7.51. The summed E-state index contributed by atoms with van der Waals surface area (Å²) in [6, 6.07) is 5.09. The molecule has 0 aliphatic carbocycles. The van der Waals surface area contributed by atoms with E-state index < -0.39 is 0 Å². The van der Waals surface area contributed by atoms with Crippen molar-refractivity contribution in [2.24, 2.45) is 0 Å². The van der Waals surface area contributed by atoms with Crippen molar-refractivity contribution in [2.75, 3.05) is 38.0 Å². The zero-order valence-electron chi connectivity index (χ0n) is 11.5. The largest absolute Gasteiger partial charge is 0.343 e. The fourth-order valence-electron chi connectivity index (χ4n) is 2.17. The van der Waals surface area contributed by atoms with Crippen molar-refractivity contribution in [1.29, 1.82) is 0 Å². The Bertz CT molecular complexity index is 497. The van der Waals surface area contributed by atoms with Crippen LogP contribution >= 0.6 is 23.2 Å². The number of anilines is 1. The third-order valence-corrected chi connectivity index (χ3v) is 4.07. The Morgan fingerprint density at radius 2 is 1.81 bits per heavy atom. The molecule has 114 valence electrons. The SMILES string of the molecule is O=CN1CCN(CCC(=O)Nc2c(Cl)cccc2Cl)CC1. The van der Waals surface area contributed by atoms with Gasteiger partial charge in [-0.2, -0.15) is 0 Å². The van der Waals surface area contributed by atoms with Crippen LogP contribution in [0.25, 0.3) is 0 Å². The van der Waals surface area contributed by atoms with E-state index in [1.54, 1.807) is 23.1 Å². The third-order valence-electron chi connectivity index (χ3n) is 3.44. The first-order chi connectivity index (χ1) is 10.1. The van der Waals surface area contributed by atoms with Gasteiger partial charge >= 0.3 is 0 Å². The smallest absolute Gasteiger partial charge is 0.225 e. The summed E-state index contributed by atoms with van der Waals surface area (Å²) in [5.41, 5.74) is 0.455. The zero-order chi connectivity index (χ0) is 15.2. The molecule has 0 atom stereocenters. The molecule has 2 amide bonds. The van der Waals surface area contributed by atoms with Crippen LogP contribution in [0.2, 0.25) is 10.0 Å². The summed E-state index contributed by atoms with van der Waals surface area (Å²) < 4.78 is 0. The minimum absolute atomic E-state index is 0.122. The molecule has 0 radical (unpaired) electrons. The van der Waals surface area contributed by atoms with E-state index in [-0.39, 0.29) is 5.91 Å². The number of carbonyl (C=O) groups excluding carboxylic acids is 2. The van der Waals surface area contributed by atoms with Crippen molar-refractivity contribution in [3.05, 3.63) is 28.2 Å². The number of rotatable bonds is 5. The number of hydrogen-bond acceptors (Lipinski definition) is 3. The van der Waals surface area contributed by atoms with Crippen LogP contribution in [0.5, 0.6) is 0 Å². The Morgan fingerprint density at radius 3 is 2.38 bits per heavy atom. The molecular formula is C14H17Cl2N3O2. The fourth-order valence-corrected chi connectivity index (χ4v) is 2.66. The number of hydrogen-bond donors (Lipinski definition) is 1. The molecule has 1 saturated heterocycles. The molecule has 1 heterocycles. The van der Waals surface area contributed by atoms with E-state index in [0.717, 1.165) is 19.5 Å². The maximum absolute atomic E-state index is 12.0. The molecule has 0 spiro atoms. The standard InChI is InChI=1S/C14H17Cl2N3O2/c15-11-2-1-3-12(16)14(11)17-13(21)4-5-18-6-8-19(10-20)9-7-18/h1-3,10H,4-9H2,(H,17,21). The van der Waals surface area contributed by atoms with E-state index in [1.807, 2.05) is 0 Å². The number of para-hydroxylation sites is 1. The molecular weight excluding hydrogens is 313 g/mol. The van der Waals surface area contributed by atoms with Crippen molar-refractivity contribution < 1.29 is 9.59 Å². The summed E-state index contributed by atoms with van der Waals surface area (Å²) in [5.74, 6) is -0.122. The number of benzene rings is 1. The number of piperazine rings is 1. The summed E-state index contributed by atoms with van der Waals surface area (Å²) in [6.45, 7) is 3.65. The molecule has 0 aromatic heterocycles. The van der Waals surface area contributed by atoms with Crippen LogP contribution in [0, 0.1) is 0 Å². The molecule has 7 heteroatoms. The maximum Gasteiger partial charge on any atom is 0.225 e. The molecule has 1 fully saturated rings. The Balaban J connectivity index is 1.79. The summed E-state index contributed by atoms with van der Waals surface area (Å²) >= 11 is 12.0. The fraction of sp³-hybridized carbons (Fsp3) is 0.429. The lowest BCUT2D eigenvalue weighted by Crippen LogP contribution is -2.46. The van der Waals surface area contributed by atoms with Crippen molar-refractivity contribution >= 4 is 41.2 Å². The topological polar surface area (TPSA) is 52.7 Å². The monoisotopic (exact) mass is 329 g/mol. The maximum atomic E-state index is 12.0. The lowest BCUT2D eigenvalue weighted by Gasteiger charge is -2.32. The van der Waals surface area contributed by atoms with Crippen LogP contribution in [-0.2, 0) is 9.59 Å². The van der Waals surface area contributed by atoms with Crippen LogP contribution < -0.4 is 5.32 Å². The lowest BCUT2D eigenvalue weighted by molar-refractivity contribution is -0.120. The van der Waals surface area contributed by atoms with Crippen molar-refractivity contribution in [3.8, 4) is 0 Å². The van der Waals surface area contributed by atoms with E-state index in [9.17, 15) is 9.59 Å². The van der Waals surface area contributed by atoms with Crippen LogP contribution in [0.1, 0.15) is 6.42 Å². The minimum atomic E-state index is -0.122. The van der Waals surface area contributed by atoms with Gasteiger partial charge in [-0.3, -0.25) is 14.5 Å². The van der Waals surface area contributed by atoms with Gasteiger partial charge in [-0.25, -0.2) is 0 Å². The first kappa shape index (κ1) is 16.1. The highest BCUT2D eigenvalue weighted by Crippen LogP contribution is 2.29. The van der Waals surface area contributed by atoms with Crippen LogP contribution in [0.3, 0.4) is 0 Å². The van der Waals surface area contributed by atoms with Gasteiger partial charge in [-0.15, -0.1) is 0 Å². The molecule has 1 aliphatic rings. The number of halogens is 2. The molecule has 1 aromatic carbocycles. The molecule has 5 nitrogen and oxygen atoms in total. The van der Waals surface area contributed by atoms with Gasteiger partial charge in [0, 0.05) is 39.1 Å². The Morgan fingerprint density at radius 1 is 1.19 bits per heavy atom. The summed E-state index contributed by atoms with van der Waals surface area (Å²) in [6.07, 6.45) is 1.23. The highest BCUT2D eigenvalue weighted by Gasteiger charge is 2.16. The van der Waals surface area contributed by atoms with Gasteiger partial charge in [0.15, 0.2) is 0 Å². The van der Waals surface area contributed by atoms with Crippen LogP contribution in [0.15, 0.2) is 18.2 Å². The molecule has 0 saturated carbocycles. The summed E-state index contributed by atoms with van der Waals surface area (Å²) in [5, 5.41) is 3.59. The van der Waals surface area contributed by atoms with Crippen LogP contribution in [0.4, 0.5) is 5.69 Å². The Labute approximate surface area is 133 Å².